The minimum atomic E-state index is -3.73. The molecule has 1 amide bonds. The zero-order chi connectivity index (χ0) is 21.4. The third-order valence-electron chi connectivity index (χ3n) is 5.07. The molecule has 0 bridgehead atoms. The van der Waals surface area contributed by atoms with Crippen LogP contribution >= 0.6 is 0 Å². The number of ether oxygens (including phenoxy) is 2. The zero-order valence-electron chi connectivity index (χ0n) is 17.1. The Morgan fingerprint density at radius 3 is 2.13 bits per heavy atom. The Morgan fingerprint density at radius 2 is 1.53 bits per heavy atom. The Bertz CT molecular complexity index is 919. The molecule has 0 aliphatic heterocycles. The fraction of sp³-hybridized carbons (Fsp3) is 0.409. The van der Waals surface area contributed by atoms with Crippen molar-refractivity contribution < 1.29 is 22.7 Å². The largest absolute Gasteiger partial charge is 0.497 e. The Hall–Kier alpha value is -2.74. The van der Waals surface area contributed by atoms with Crippen LogP contribution in [-0.4, -0.2) is 34.1 Å². The lowest BCUT2D eigenvalue weighted by Gasteiger charge is -2.16. The molecular weight excluding hydrogens is 404 g/mol. The van der Waals surface area contributed by atoms with E-state index in [1.807, 2.05) is 0 Å². The van der Waals surface area contributed by atoms with Gasteiger partial charge in [0.2, 0.25) is 0 Å². The standard InChI is InChI=1S/C22H28N2O5S/c1-28-19-10-8-18(9-11-19)24-30(26,27)21-14-12-20(13-15-21)29-16-22(25)23-17-6-4-2-3-5-7-17/h8-15,17,24H,2-7,16H2,1H3,(H,23,25). The summed E-state index contributed by atoms with van der Waals surface area (Å²) in [7, 11) is -2.18. The van der Waals surface area contributed by atoms with Gasteiger partial charge in [0.25, 0.3) is 15.9 Å². The van der Waals surface area contributed by atoms with E-state index in [2.05, 4.69) is 10.0 Å². The molecule has 8 heteroatoms. The Kier molecular flexibility index (Phi) is 7.57. The maximum atomic E-state index is 12.5. The fourth-order valence-electron chi connectivity index (χ4n) is 3.43. The van der Waals surface area contributed by atoms with Crippen molar-refractivity contribution in [2.24, 2.45) is 0 Å². The summed E-state index contributed by atoms with van der Waals surface area (Å²) in [6.07, 6.45) is 6.77. The molecule has 0 saturated heterocycles. The Morgan fingerprint density at radius 1 is 0.933 bits per heavy atom. The van der Waals surface area contributed by atoms with E-state index in [9.17, 15) is 13.2 Å². The maximum Gasteiger partial charge on any atom is 0.261 e. The zero-order valence-corrected chi connectivity index (χ0v) is 17.9. The van der Waals surface area contributed by atoms with Gasteiger partial charge in [-0.15, -0.1) is 0 Å². The van der Waals surface area contributed by atoms with Crippen LogP contribution in [0.1, 0.15) is 38.5 Å². The molecule has 1 aliphatic rings. The summed E-state index contributed by atoms with van der Waals surface area (Å²) in [6.45, 7) is -0.0906. The molecule has 1 saturated carbocycles. The van der Waals surface area contributed by atoms with Crippen molar-refractivity contribution in [2.75, 3.05) is 18.4 Å². The van der Waals surface area contributed by atoms with Crippen molar-refractivity contribution in [1.82, 2.24) is 5.32 Å². The van der Waals surface area contributed by atoms with Crippen molar-refractivity contribution in [2.45, 2.75) is 49.5 Å². The lowest BCUT2D eigenvalue weighted by molar-refractivity contribution is -0.123. The van der Waals surface area contributed by atoms with Crippen LogP contribution in [0.5, 0.6) is 11.5 Å². The molecule has 2 aromatic carbocycles. The number of hydrogen-bond acceptors (Lipinski definition) is 5. The predicted molar refractivity (Wildman–Crippen MR) is 115 cm³/mol. The van der Waals surface area contributed by atoms with E-state index in [1.165, 1.54) is 25.0 Å². The summed E-state index contributed by atoms with van der Waals surface area (Å²) < 4.78 is 38.2. The molecule has 7 nitrogen and oxygen atoms in total. The third kappa shape index (κ3) is 6.38. The first kappa shape index (κ1) is 22.0. The molecule has 3 rings (SSSR count). The topological polar surface area (TPSA) is 93.7 Å². The monoisotopic (exact) mass is 432 g/mol. The number of anilines is 1. The fourth-order valence-corrected chi connectivity index (χ4v) is 4.49. The molecule has 0 atom stereocenters. The van der Waals surface area contributed by atoms with Gasteiger partial charge in [-0.1, -0.05) is 25.7 Å². The Labute approximate surface area is 177 Å². The third-order valence-corrected chi connectivity index (χ3v) is 6.46. The highest BCUT2D eigenvalue weighted by Crippen LogP contribution is 2.21. The average Bonchev–Trinajstić information content (AvgIpc) is 3.01. The summed E-state index contributed by atoms with van der Waals surface area (Å²) in [5.74, 6) is 0.928. The van der Waals surface area contributed by atoms with Crippen molar-refractivity contribution in [1.29, 1.82) is 0 Å². The number of carbonyl (C=O) groups is 1. The van der Waals surface area contributed by atoms with E-state index in [4.69, 9.17) is 9.47 Å². The highest BCUT2D eigenvalue weighted by molar-refractivity contribution is 7.92. The van der Waals surface area contributed by atoms with E-state index in [0.717, 1.165) is 25.7 Å². The van der Waals surface area contributed by atoms with E-state index < -0.39 is 10.0 Å². The quantitative estimate of drug-likeness (QED) is 0.620. The lowest BCUT2D eigenvalue weighted by Crippen LogP contribution is -2.37. The number of sulfonamides is 1. The van der Waals surface area contributed by atoms with Gasteiger partial charge in [-0.05, 0) is 61.4 Å². The molecule has 0 spiro atoms. The maximum absolute atomic E-state index is 12.5. The molecule has 2 N–H and O–H groups in total. The van der Waals surface area contributed by atoms with E-state index in [0.29, 0.717) is 17.2 Å². The number of hydrogen-bond donors (Lipinski definition) is 2. The van der Waals surface area contributed by atoms with Gasteiger partial charge < -0.3 is 14.8 Å². The molecule has 162 valence electrons. The predicted octanol–water partition coefficient (Wildman–Crippen LogP) is 3.71. The van der Waals surface area contributed by atoms with Gasteiger partial charge >= 0.3 is 0 Å². The van der Waals surface area contributed by atoms with E-state index in [1.54, 1.807) is 43.5 Å². The Balaban J connectivity index is 1.52. The number of rotatable bonds is 8. The first-order chi connectivity index (χ1) is 14.5. The van der Waals surface area contributed by atoms with Crippen LogP contribution in [0.3, 0.4) is 0 Å². The van der Waals surface area contributed by atoms with Gasteiger partial charge in [0.05, 0.1) is 12.0 Å². The second kappa shape index (κ2) is 10.3. The van der Waals surface area contributed by atoms with Crippen molar-refractivity contribution in [3.8, 4) is 11.5 Å². The molecule has 1 aliphatic carbocycles. The minimum absolute atomic E-state index is 0.0906. The number of amides is 1. The van der Waals surface area contributed by atoms with Crippen molar-refractivity contribution >= 4 is 21.6 Å². The number of benzene rings is 2. The van der Waals surface area contributed by atoms with Crippen molar-refractivity contribution in [3.63, 3.8) is 0 Å². The van der Waals surface area contributed by atoms with Gasteiger partial charge in [-0.25, -0.2) is 8.42 Å². The highest BCUT2D eigenvalue weighted by atomic mass is 32.2. The van der Waals surface area contributed by atoms with Crippen LogP contribution in [0, 0.1) is 0 Å². The van der Waals surface area contributed by atoms with Gasteiger partial charge in [0.1, 0.15) is 11.5 Å². The first-order valence-corrected chi connectivity index (χ1v) is 11.6. The highest BCUT2D eigenvalue weighted by Gasteiger charge is 2.16. The summed E-state index contributed by atoms with van der Waals surface area (Å²) in [6, 6.07) is 12.8. The van der Waals surface area contributed by atoms with Crippen LogP contribution in [-0.2, 0) is 14.8 Å². The van der Waals surface area contributed by atoms with Gasteiger partial charge in [-0.3, -0.25) is 9.52 Å². The molecule has 30 heavy (non-hydrogen) atoms. The SMILES string of the molecule is COc1ccc(NS(=O)(=O)c2ccc(OCC(=O)NC3CCCCCC3)cc2)cc1. The van der Waals surface area contributed by atoms with Gasteiger partial charge in [-0.2, -0.15) is 0 Å². The van der Waals surface area contributed by atoms with Gasteiger partial charge in [0.15, 0.2) is 6.61 Å². The molecule has 1 fully saturated rings. The average molecular weight is 433 g/mol. The van der Waals surface area contributed by atoms with Crippen LogP contribution in [0.25, 0.3) is 0 Å². The molecular formula is C22H28N2O5S. The molecule has 2 aromatic rings. The van der Waals surface area contributed by atoms with Crippen LogP contribution in [0.2, 0.25) is 0 Å². The smallest absolute Gasteiger partial charge is 0.261 e. The van der Waals surface area contributed by atoms with Crippen LogP contribution < -0.4 is 19.5 Å². The molecule has 0 radical (unpaired) electrons. The lowest BCUT2D eigenvalue weighted by atomic mass is 10.1. The summed E-state index contributed by atoms with van der Waals surface area (Å²) in [4.78, 5) is 12.2. The molecule has 0 unspecified atom stereocenters. The van der Waals surface area contributed by atoms with Gasteiger partial charge in [0, 0.05) is 11.7 Å². The normalized spacial score (nSPS) is 15.1. The van der Waals surface area contributed by atoms with E-state index in [-0.39, 0.29) is 23.5 Å². The number of methoxy groups -OCH3 is 1. The number of nitrogens with one attached hydrogen (secondary N) is 2. The molecule has 0 aromatic heterocycles. The second-order valence-corrected chi connectivity index (χ2v) is 9.03. The minimum Gasteiger partial charge on any atom is -0.497 e. The van der Waals surface area contributed by atoms with Crippen LogP contribution in [0.4, 0.5) is 5.69 Å². The first-order valence-electron chi connectivity index (χ1n) is 10.2. The van der Waals surface area contributed by atoms with Crippen LogP contribution in [0.15, 0.2) is 53.4 Å². The van der Waals surface area contributed by atoms with E-state index >= 15 is 0 Å². The van der Waals surface area contributed by atoms with Crippen molar-refractivity contribution in [3.05, 3.63) is 48.5 Å². The summed E-state index contributed by atoms with van der Waals surface area (Å²) >= 11 is 0. The molecule has 0 heterocycles. The summed E-state index contributed by atoms with van der Waals surface area (Å²) in [5, 5.41) is 3.02. The summed E-state index contributed by atoms with van der Waals surface area (Å²) in [5.41, 5.74) is 0.436. The number of carbonyl (C=O) groups excluding carboxylic acids is 1. The second-order valence-electron chi connectivity index (χ2n) is 7.35.